The van der Waals surface area contributed by atoms with Crippen LogP contribution in [0.4, 0.5) is 0 Å². The van der Waals surface area contributed by atoms with Gasteiger partial charge in [0.1, 0.15) is 17.1 Å². The van der Waals surface area contributed by atoms with Gasteiger partial charge in [0.25, 0.3) is 0 Å². The third-order valence-corrected chi connectivity index (χ3v) is 3.55. The van der Waals surface area contributed by atoms with Crippen molar-refractivity contribution in [2.24, 2.45) is 5.92 Å². The Morgan fingerprint density at radius 1 is 1.29 bits per heavy atom. The maximum Gasteiger partial charge on any atom is 0.224 e. The van der Waals surface area contributed by atoms with Crippen LogP contribution in [0.15, 0.2) is 47.1 Å². The molecule has 130 valence electrons. The van der Waals surface area contributed by atoms with Gasteiger partial charge in [-0.25, -0.2) is 0 Å². The highest BCUT2D eigenvalue weighted by Gasteiger charge is 2.26. The van der Waals surface area contributed by atoms with Crippen LogP contribution in [0, 0.1) is 5.92 Å². The van der Waals surface area contributed by atoms with E-state index < -0.39 is 5.60 Å². The highest BCUT2D eigenvalue weighted by molar-refractivity contribution is 5.78. The zero-order valence-corrected chi connectivity index (χ0v) is 14.4. The summed E-state index contributed by atoms with van der Waals surface area (Å²) >= 11 is 0. The van der Waals surface area contributed by atoms with Crippen molar-refractivity contribution in [2.75, 3.05) is 13.2 Å². The van der Waals surface area contributed by atoms with Crippen molar-refractivity contribution in [1.29, 1.82) is 0 Å². The van der Waals surface area contributed by atoms with Crippen LogP contribution >= 0.6 is 0 Å². The molecule has 1 aromatic heterocycles. The van der Waals surface area contributed by atoms with Crippen molar-refractivity contribution in [2.45, 2.75) is 32.8 Å². The number of hydrogen-bond donors (Lipinski definition) is 2. The third kappa shape index (κ3) is 5.42. The lowest BCUT2D eigenvalue weighted by molar-refractivity contribution is -0.121. The van der Waals surface area contributed by atoms with Crippen LogP contribution in [0.1, 0.15) is 32.1 Å². The standard InChI is InChI=1S/C19H25NO4/c1-14(2)12-24-16-8-6-15(7-9-16)11-18(21)20-13-19(3,22)17-5-4-10-23-17/h4-10,14,22H,11-13H2,1-3H3,(H,20,21). The van der Waals surface area contributed by atoms with Crippen LogP contribution < -0.4 is 10.1 Å². The van der Waals surface area contributed by atoms with Crippen molar-refractivity contribution < 1.29 is 19.1 Å². The van der Waals surface area contributed by atoms with E-state index in [1.165, 1.54) is 6.26 Å². The molecular formula is C19H25NO4. The molecule has 0 radical (unpaired) electrons. The molecule has 1 unspecified atom stereocenters. The van der Waals surface area contributed by atoms with E-state index in [9.17, 15) is 9.90 Å². The van der Waals surface area contributed by atoms with Gasteiger partial charge in [-0.1, -0.05) is 26.0 Å². The van der Waals surface area contributed by atoms with Gasteiger partial charge in [0, 0.05) is 0 Å². The van der Waals surface area contributed by atoms with E-state index in [0.29, 0.717) is 18.3 Å². The third-order valence-electron chi connectivity index (χ3n) is 3.55. The van der Waals surface area contributed by atoms with Gasteiger partial charge in [-0.15, -0.1) is 0 Å². The maximum absolute atomic E-state index is 12.0. The number of carbonyl (C=O) groups is 1. The minimum atomic E-state index is -1.23. The fourth-order valence-electron chi connectivity index (χ4n) is 2.16. The van der Waals surface area contributed by atoms with Crippen molar-refractivity contribution in [1.82, 2.24) is 5.32 Å². The van der Waals surface area contributed by atoms with Gasteiger partial charge in [0.2, 0.25) is 5.91 Å². The molecule has 1 amide bonds. The first-order valence-corrected chi connectivity index (χ1v) is 8.11. The van der Waals surface area contributed by atoms with E-state index >= 15 is 0 Å². The Bertz CT molecular complexity index is 630. The smallest absolute Gasteiger partial charge is 0.224 e. The number of benzene rings is 1. The minimum absolute atomic E-state index is 0.0922. The molecule has 1 atom stereocenters. The summed E-state index contributed by atoms with van der Waals surface area (Å²) in [6.07, 6.45) is 1.74. The molecule has 0 fully saturated rings. The number of nitrogens with one attached hydrogen (secondary N) is 1. The topological polar surface area (TPSA) is 71.7 Å². The Balaban J connectivity index is 1.82. The molecule has 0 bridgehead atoms. The second kappa shape index (κ2) is 8.02. The molecule has 1 heterocycles. The van der Waals surface area contributed by atoms with Gasteiger partial charge < -0.3 is 19.6 Å². The lowest BCUT2D eigenvalue weighted by Crippen LogP contribution is -2.39. The SMILES string of the molecule is CC(C)COc1ccc(CC(=O)NCC(C)(O)c2ccco2)cc1. The summed E-state index contributed by atoms with van der Waals surface area (Å²) in [5.41, 5.74) is -0.338. The summed E-state index contributed by atoms with van der Waals surface area (Å²) in [7, 11) is 0. The van der Waals surface area contributed by atoms with E-state index in [1.54, 1.807) is 19.1 Å². The van der Waals surface area contributed by atoms with Crippen LogP contribution in [0.3, 0.4) is 0 Å². The number of rotatable bonds is 8. The van der Waals surface area contributed by atoms with Crippen LogP contribution in [-0.4, -0.2) is 24.2 Å². The molecule has 0 spiro atoms. The normalized spacial score (nSPS) is 13.5. The molecule has 5 heteroatoms. The zero-order chi connectivity index (χ0) is 17.6. The number of ether oxygens (including phenoxy) is 1. The summed E-state index contributed by atoms with van der Waals surface area (Å²) in [6.45, 7) is 6.55. The Kier molecular flexibility index (Phi) is 6.04. The maximum atomic E-state index is 12.0. The van der Waals surface area contributed by atoms with Gasteiger partial charge in [-0.05, 0) is 42.7 Å². The van der Waals surface area contributed by atoms with E-state index in [-0.39, 0.29) is 18.9 Å². The van der Waals surface area contributed by atoms with Crippen LogP contribution in [0.5, 0.6) is 5.75 Å². The molecule has 0 saturated heterocycles. The summed E-state index contributed by atoms with van der Waals surface area (Å²) in [5.74, 6) is 1.54. The molecule has 5 nitrogen and oxygen atoms in total. The predicted molar refractivity (Wildman–Crippen MR) is 91.8 cm³/mol. The first-order chi connectivity index (χ1) is 11.4. The number of hydrogen-bond acceptors (Lipinski definition) is 4. The van der Waals surface area contributed by atoms with Gasteiger partial charge in [0.05, 0.1) is 25.8 Å². The van der Waals surface area contributed by atoms with E-state index in [4.69, 9.17) is 9.15 Å². The lowest BCUT2D eigenvalue weighted by atomic mass is 10.0. The average molecular weight is 331 g/mol. The summed E-state index contributed by atoms with van der Waals surface area (Å²) in [4.78, 5) is 12.0. The van der Waals surface area contributed by atoms with Crippen molar-refractivity contribution in [3.8, 4) is 5.75 Å². The summed E-state index contributed by atoms with van der Waals surface area (Å²) < 4.78 is 10.8. The van der Waals surface area contributed by atoms with Crippen LogP contribution in [-0.2, 0) is 16.8 Å². The molecule has 2 N–H and O–H groups in total. The second-order valence-electron chi connectivity index (χ2n) is 6.55. The van der Waals surface area contributed by atoms with Gasteiger partial charge in [-0.2, -0.15) is 0 Å². The van der Waals surface area contributed by atoms with Gasteiger partial charge >= 0.3 is 0 Å². The largest absolute Gasteiger partial charge is 0.493 e. The summed E-state index contributed by atoms with van der Waals surface area (Å²) in [6, 6.07) is 10.9. The fraction of sp³-hybridized carbons (Fsp3) is 0.421. The minimum Gasteiger partial charge on any atom is -0.493 e. The molecule has 0 aliphatic heterocycles. The van der Waals surface area contributed by atoms with Crippen molar-refractivity contribution in [3.63, 3.8) is 0 Å². The van der Waals surface area contributed by atoms with Crippen LogP contribution in [0.2, 0.25) is 0 Å². The van der Waals surface area contributed by atoms with Crippen molar-refractivity contribution >= 4 is 5.91 Å². The first kappa shape index (κ1) is 18.1. The lowest BCUT2D eigenvalue weighted by Gasteiger charge is -2.21. The Morgan fingerprint density at radius 3 is 2.58 bits per heavy atom. The van der Waals surface area contributed by atoms with E-state index in [2.05, 4.69) is 19.2 Å². The molecule has 1 aromatic carbocycles. The number of furan rings is 1. The molecule has 0 aliphatic carbocycles. The molecule has 0 aliphatic rings. The number of amides is 1. The molecular weight excluding hydrogens is 306 g/mol. The molecule has 24 heavy (non-hydrogen) atoms. The highest BCUT2D eigenvalue weighted by atomic mass is 16.5. The Morgan fingerprint density at radius 2 is 2.00 bits per heavy atom. The molecule has 2 rings (SSSR count). The zero-order valence-electron chi connectivity index (χ0n) is 14.4. The van der Waals surface area contributed by atoms with E-state index in [0.717, 1.165) is 11.3 Å². The monoisotopic (exact) mass is 331 g/mol. The van der Waals surface area contributed by atoms with Gasteiger partial charge in [0.15, 0.2) is 0 Å². The van der Waals surface area contributed by atoms with E-state index in [1.807, 2.05) is 24.3 Å². The van der Waals surface area contributed by atoms with Crippen molar-refractivity contribution in [3.05, 3.63) is 54.0 Å². The Hall–Kier alpha value is -2.27. The predicted octanol–water partition coefficient (Wildman–Crippen LogP) is 2.88. The molecule has 0 saturated carbocycles. The number of carbonyl (C=O) groups excluding carboxylic acids is 1. The second-order valence-corrected chi connectivity index (χ2v) is 6.55. The molecule has 2 aromatic rings. The fourth-order valence-corrected chi connectivity index (χ4v) is 2.16. The highest BCUT2D eigenvalue weighted by Crippen LogP contribution is 2.20. The quantitative estimate of drug-likeness (QED) is 0.780. The number of aliphatic hydroxyl groups is 1. The Labute approximate surface area is 142 Å². The van der Waals surface area contributed by atoms with Gasteiger partial charge in [-0.3, -0.25) is 4.79 Å². The summed E-state index contributed by atoms with van der Waals surface area (Å²) in [5, 5.41) is 13.0. The van der Waals surface area contributed by atoms with Crippen LogP contribution in [0.25, 0.3) is 0 Å². The first-order valence-electron chi connectivity index (χ1n) is 8.11. The average Bonchev–Trinajstić information content (AvgIpc) is 3.08.